The van der Waals surface area contributed by atoms with Crippen molar-refractivity contribution >= 4 is 23.2 Å². The third-order valence-corrected chi connectivity index (χ3v) is 6.05. The number of benzene rings is 2. The Hall–Kier alpha value is -2.81. The zero-order valence-corrected chi connectivity index (χ0v) is 18.4. The number of ketones is 1. The third kappa shape index (κ3) is 4.61. The molecule has 1 aliphatic carbocycles. The number of allylic oxidation sites excluding steroid dienone is 3. The molecule has 0 saturated carbocycles. The summed E-state index contributed by atoms with van der Waals surface area (Å²) < 4.78 is 0. The van der Waals surface area contributed by atoms with Crippen molar-refractivity contribution in [2.24, 2.45) is 5.92 Å². The summed E-state index contributed by atoms with van der Waals surface area (Å²) in [7, 11) is 8.17. The molecule has 0 bridgehead atoms. The molecule has 2 unspecified atom stereocenters. The van der Waals surface area contributed by atoms with Crippen LogP contribution in [-0.4, -0.2) is 34.0 Å². The first kappa shape index (κ1) is 20.9. The number of rotatable bonds is 5. The van der Waals surface area contributed by atoms with Crippen LogP contribution in [0.15, 0.2) is 65.8 Å². The smallest absolute Gasteiger partial charge is 0.159 e. The zero-order valence-electron chi connectivity index (χ0n) is 18.4. The minimum atomic E-state index is 0.221. The van der Waals surface area contributed by atoms with Gasteiger partial charge in [-0.2, -0.15) is 0 Å². The van der Waals surface area contributed by atoms with Crippen LogP contribution in [0.5, 0.6) is 0 Å². The van der Waals surface area contributed by atoms with Gasteiger partial charge >= 0.3 is 0 Å². The Morgan fingerprint density at radius 2 is 1.34 bits per heavy atom. The van der Waals surface area contributed by atoms with E-state index in [4.69, 9.17) is 0 Å². The number of anilines is 2. The van der Waals surface area contributed by atoms with E-state index in [-0.39, 0.29) is 11.7 Å². The monoisotopic (exact) mass is 388 g/mol. The fourth-order valence-electron chi connectivity index (χ4n) is 4.02. The molecule has 0 radical (unpaired) electrons. The van der Waals surface area contributed by atoms with Crippen LogP contribution in [0.4, 0.5) is 11.4 Å². The average molecular weight is 389 g/mol. The molecular weight excluding hydrogens is 356 g/mol. The Kier molecular flexibility index (Phi) is 6.26. The van der Waals surface area contributed by atoms with Gasteiger partial charge < -0.3 is 9.80 Å². The van der Waals surface area contributed by atoms with E-state index >= 15 is 0 Å². The van der Waals surface area contributed by atoms with E-state index in [0.717, 1.165) is 16.7 Å². The van der Waals surface area contributed by atoms with Crippen LogP contribution in [0.25, 0.3) is 6.08 Å². The standard InChI is InChI=1S/C26H32N2O/c1-18-24(16-9-20-7-12-22(13-8-20)27(3)4)19(2)26(29)17-25(18)21-10-14-23(15-11-21)28(5)6/h7-16,18,25H,17H2,1-6H3. The first-order valence-corrected chi connectivity index (χ1v) is 10.2. The van der Waals surface area contributed by atoms with Crippen molar-refractivity contribution in [1.29, 1.82) is 0 Å². The molecule has 2 atom stereocenters. The Bertz CT molecular complexity index is 918. The largest absolute Gasteiger partial charge is 0.378 e. The van der Waals surface area contributed by atoms with Gasteiger partial charge in [0.25, 0.3) is 0 Å². The van der Waals surface area contributed by atoms with Crippen LogP contribution in [0.2, 0.25) is 0 Å². The molecule has 3 rings (SSSR count). The number of carbonyl (C=O) groups is 1. The van der Waals surface area contributed by atoms with E-state index in [2.05, 4.69) is 77.4 Å². The Labute approximate surface area is 175 Å². The van der Waals surface area contributed by atoms with E-state index in [1.165, 1.54) is 16.9 Å². The van der Waals surface area contributed by atoms with Crippen molar-refractivity contribution in [3.63, 3.8) is 0 Å². The molecule has 0 spiro atoms. The van der Waals surface area contributed by atoms with Crippen LogP contribution < -0.4 is 9.80 Å². The van der Waals surface area contributed by atoms with Gasteiger partial charge in [-0.1, -0.05) is 43.3 Å². The van der Waals surface area contributed by atoms with Gasteiger partial charge in [0.05, 0.1) is 0 Å². The molecule has 0 amide bonds. The van der Waals surface area contributed by atoms with E-state index in [1.807, 2.05) is 35.1 Å². The van der Waals surface area contributed by atoms with Gasteiger partial charge in [-0.05, 0) is 65.3 Å². The molecule has 0 fully saturated rings. The summed E-state index contributed by atoms with van der Waals surface area (Å²) in [6, 6.07) is 17.1. The second-order valence-corrected chi connectivity index (χ2v) is 8.41. The van der Waals surface area contributed by atoms with Crippen LogP contribution >= 0.6 is 0 Å². The van der Waals surface area contributed by atoms with Crippen molar-refractivity contribution in [3.05, 3.63) is 76.9 Å². The maximum Gasteiger partial charge on any atom is 0.159 e. The number of nitrogens with zero attached hydrogens (tertiary/aromatic N) is 2. The molecule has 2 aromatic carbocycles. The van der Waals surface area contributed by atoms with Crippen molar-refractivity contribution in [1.82, 2.24) is 0 Å². The summed E-state index contributed by atoms with van der Waals surface area (Å²) in [4.78, 5) is 16.9. The zero-order chi connectivity index (χ0) is 21.1. The van der Waals surface area contributed by atoms with E-state index in [0.29, 0.717) is 12.3 Å². The molecule has 1 aliphatic rings. The Balaban J connectivity index is 1.85. The normalized spacial score (nSPS) is 19.7. The number of hydrogen-bond donors (Lipinski definition) is 0. The average Bonchev–Trinajstić information content (AvgIpc) is 2.71. The summed E-state index contributed by atoms with van der Waals surface area (Å²) in [5.74, 6) is 0.778. The van der Waals surface area contributed by atoms with E-state index in [9.17, 15) is 4.79 Å². The summed E-state index contributed by atoms with van der Waals surface area (Å²) in [6.45, 7) is 4.22. The van der Waals surface area contributed by atoms with Gasteiger partial charge in [0.15, 0.2) is 5.78 Å². The SMILES string of the molecule is CC1=C(C=Cc2ccc(N(C)C)cc2)C(C)C(c2ccc(N(C)C)cc2)CC1=O. The van der Waals surface area contributed by atoms with Crippen LogP contribution in [0.3, 0.4) is 0 Å². The lowest BCUT2D eigenvalue weighted by Gasteiger charge is -2.31. The van der Waals surface area contributed by atoms with Crippen LogP contribution in [0.1, 0.15) is 37.3 Å². The lowest BCUT2D eigenvalue weighted by atomic mass is 9.72. The molecular formula is C26H32N2O. The lowest BCUT2D eigenvalue weighted by Crippen LogP contribution is -2.24. The summed E-state index contributed by atoms with van der Waals surface area (Å²) in [6.07, 6.45) is 4.85. The Morgan fingerprint density at radius 3 is 1.86 bits per heavy atom. The predicted molar refractivity (Wildman–Crippen MR) is 125 cm³/mol. The second kappa shape index (κ2) is 8.69. The van der Waals surface area contributed by atoms with Crippen molar-refractivity contribution in [3.8, 4) is 0 Å². The topological polar surface area (TPSA) is 23.6 Å². The summed E-state index contributed by atoms with van der Waals surface area (Å²) in [5.41, 5.74) is 6.80. The highest BCUT2D eigenvalue weighted by atomic mass is 16.1. The summed E-state index contributed by atoms with van der Waals surface area (Å²) >= 11 is 0. The molecule has 0 saturated heterocycles. The minimum Gasteiger partial charge on any atom is -0.378 e. The molecule has 0 aromatic heterocycles. The van der Waals surface area contributed by atoms with Crippen molar-refractivity contribution < 1.29 is 4.79 Å². The molecule has 152 valence electrons. The number of hydrogen-bond acceptors (Lipinski definition) is 3. The minimum absolute atomic E-state index is 0.221. The van der Waals surface area contributed by atoms with Crippen molar-refractivity contribution in [2.75, 3.05) is 38.0 Å². The number of carbonyl (C=O) groups excluding carboxylic acids is 1. The van der Waals surface area contributed by atoms with Gasteiger partial charge in [0, 0.05) is 46.0 Å². The number of Topliss-reactive ketones (excluding diaryl/α,β-unsaturated/α-hetero) is 1. The molecule has 0 aliphatic heterocycles. The highest BCUT2D eigenvalue weighted by molar-refractivity contribution is 5.98. The molecule has 3 nitrogen and oxygen atoms in total. The molecule has 29 heavy (non-hydrogen) atoms. The molecule has 0 N–H and O–H groups in total. The van der Waals surface area contributed by atoms with Crippen molar-refractivity contribution in [2.45, 2.75) is 26.2 Å². The fourth-order valence-corrected chi connectivity index (χ4v) is 4.02. The maximum absolute atomic E-state index is 12.7. The van der Waals surface area contributed by atoms with Gasteiger partial charge in [-0.15, -0.1) is 0 Å². The maximum atomic E-state index is 12.7. The first-order chi connectivity index (χ1) is 13.8. The predicted octanol–water partition coefficient (Wildman–Crippen LogP) is 5.54. The summed E-state index contributed by atoms with van der Waals surface area (Å²) in [5, 5.41) is 0. The van der Waals surface area contributed by atoms with Gasteiger partial charge in [0.1, 0.15) is 0 Å². The lowest BCUT2D eigenvalue weighted by molar-refractivity contribution is -0.116. The van der Waals surface area contributed by atoms with Crippen LogP contribution in [-0.2, 0) is 4.79 Å². The highest BCUT2D eigenvalue weighted by Gasteiger charge is 2.31. The molecule has 3 heteroatoms. The molecule has 2 aromatic rings. The quantitative estimate of drug-likeness (QED) is 0.672. The van der Waals surface area contributed by atoms with E-state index < -0.39 is 0 Å². The fraction of sp³-hybridized carbons (Fsp3) is 0.346. The Morgan fingerprint density at radius 1 is 0.828 bits per heavy atom. The van der Waals surface area contributed by atoms with Gasteiger partial charge in [-0.3, -0.25) is 4.79 Å². The molecule has 0 heterocycles. The van der Waals surface area contributed by atoms with Gasteiger partial charge in [0.2, 0.25) is 0 Å². The third-order valence-electron chi connectivity index (χ3n) is 6.05. The van der Waals surface area contributed by atoms with Crippen LogP contribution in [0, 0.1) is 5.92 Å². The highest BCUT2D eigenvalue weighted by Crippen LogP contribution is 2.40. The van der Waals surface area contributed by atoms with Gasteiger partial charge in [-0.25, -0.2) is 0 Å². The second-order valence-electron chi connectivity index (χ2n) is 8.41. The van der Waals surface area contributed by atoms with E-state index in [1.54, 1.807) is 0 Å². The first-order valence-electron chi connectivity index (χ1n) is 10.2.